The van der Waals surface area contributed by atoms with Crippen molar-refractivity contribution in [1.29, 1.82) is 0 Å². The first-order valence-corrected chi connectivity index (χ1v) is 15.6. The van der Waals surface area contributed by atoms with Crippen molar-refractivity contribution < 1.29 is 33.3 Å². The van der Waals surface area contributed by atoms with Gasteiger partial charge in [-0.05, 0) is 62.5 Å². The summed E-state index contributed by atoms with van der Waals surface area (Å²) in [7, 11) is 0. The lowest BCUT2D eigenvalue weighted by Gasteiger charge is -2.67. The number of carbonyl (C=O) groups is 1. The Morgan fingerprint density at radius 3 is 2.74 bits per heavy atom. The lowest BCUT2D eigenvalue weighted by molar-refractivity contribution is -0.328. The fourth-order valence-corrected chi connectivity index (χ4v) is 8.78. The van der Waals surface area contributed by atoms with Gasteiger partial charge in [-0.25, -0.2) is 4.79 Å². The van der Waals surface area contributed by atoms with Gasteiger partial charge in [-0.2, -0.15) is 0 Å². The molecule has 6 rings (SSSR count). The summed E-state index contributed by atoms with van der Waals surface area (Å²) in [4.78, 5) is 31.0. The van der Waals surface area contributed by atoms with E-state index in [9.17, 15) is 14.7 Å². The monoisotopic (exact) mass is 596 g/mol. The van der Waals surface area contributed by atoms with Crippen LogP contribution >= 0.6 is 0 Å². The van der Waals surface area contributed by atoms with Gasteiger partial charge in [0.1, 0.15) is 34.8 Å². The second-order valence-electron chi connectivity index (χ2n) is 13.6. The molecule has 0 bridgehead atoms. The Morgan fingerprint density at radius 2 is 2.05 bits per heavy atom. The number of aliphatic hydroxyl groups is 1. The Hall–Kier alpha value is -2.79. The number of carbonyl (C=O) groups excluding carboxylic acids is 1. The molecule has 3 N–H and O–H groups in total. The molecule has 1 saturated heterocycles. The number of nitrogens with zero attached hydrogens (tertiary/aromatic N) is 1. The lowest BCUT2D eigenvalue weighted by atomic mass is 9.42. The van der Waals surface area contributed by atoms with Crippen LogP contribution in [-0.2, 0) is 19.0 Å². The van der Waals surface area contributed by atoms with E-state index < -0.39 is 52.2 Å². The summed E-state index contributed by atoms with van der Waals surface area (Å²) in [6.45, 7) is 10.7. The van der Waals surface area contributed by atoms with E-state index >= 15 is 0 Å². The molecule has 3 fully saturated rings. The molecule has 4 heterocycles. The molecule has 4 aliphatic rings. The molecule has 2 aliphatic carbocycles. The molecule has 0 aromatic carbocycles. The van der Waals surface area contributed by atoms with E-state index in [-0.39, 0.29) is 35.4 Å². The smallest absolute Gasteiger partial charge is 0.345 e. The third-order valence-electron chi connectivity index (χ3n) is 10.9. The quantitative estimate of drug-likeness (QED) is 0.457. The Balaban J connectivity index is 1.46. The van der Waals surface area contributed by atoms with E-state index in [4.69, 9.17) is 29.1 Å². The minimum Gasteiger partial charge on any atom is -0.482 e. The Bertz CT molecular complexity index is 1420. The number of hydrogen-bond acceptors (Lipinski definition) is 10. The van der Waals surface area contributed by atoms with Gasteiger partial charge in [-0.15, -0.1) is 0 Å². The highest BCUT2D eigenvalue weighted by Crippen LogP contribution is 2.68. The summed E-state index contributed by atoms with van der Waals surface area (Å²) < 4.78 is 31.4. The average molecular weight is 597 g/mol. The molecule has 234 valence electrons. The number of hydrogen-bond donors (Lipinski definition) is 2. The van der Waals surface area contributed by atoms with Gasteiger partial charge in [0.2, 0.25) is 0 Å². The molecule has 10 nitrogen and oxygen atoms in total. The molecule has 0 amide bonds. The maximum atomic E-state index is 13.5. The van der Waals surface area contributed by atoms with Gasteiger partial charge in [0.15, 0.2) is 6.29 Å². The summed E-state index contributed by atoms with van der Waals surface area (Å²) in [6.07, 6.45) is 4.93. The standard InChI is InChI=1S/C33H44N2O8/c1-6-9-19(34)29(37)42-24-15-22-31(3,12-11-23-32(22,4)17-39-25(7-2)41-23)28-27(36)26-21(43-33(24,28)5)14-20(40-30(26)38)18-10-8-13-35-16-18/h8,10,13-14,16,19,22-25,27-28,36H,6-7,9,11-12,15,17,34H2,1-5H3/t19?,22?,23-,24-,25?,27-,28?,31-,32-,33+/m0/s1. The Labute approximate surface area is 252 Å². The van der Waals surface area contributed by atoms with E-state index in [1.54, 1.807) is 30.6 Å². The Morgan fingerprint density at radius 1 is 1.26 bits per heavy atom. The predicted molar refractivity (Wildman–Crippen MR) is 157 cm³/mol. The zero-order valence-electron chi connectivity index (χ0n) is 25.7. The first kappa shape index (κ1) is 30.2. The first-order chi connectivity index (χ1) is 20.5. The van der Waals surface area contributed by atoms with Crippen LogP contribution in [0.1, 0.15) is 84.8 Å². The van der Waals surface area contributed by atoms with Crippen LogP contribution in [-0.4, -0.2) is 52.8 Å². The number of ether oxygens (including phenoxy) is 4. The second-order valence-corrected chi connectivity index (χ2v) is 13.6. The van der Waals surface area contributed by atoms with Crippen molar-refractivity contribution >= 4 is 5.97 Å². The van der Waals surface area contributed by atoms with Crippen molar-refractivity contribution in [1.82, 2.24) is 4.98 Å². The van der Waals surface area contributed by atoms with Crippen LogP contribution in [0.4, 0.5) is 0 Å². The van der Waals surface area contributed by atoms with Gasteiger partial charge >= 0.3 is 11.6 Å². The third kappa shape index (κ3) is 4.72. The van der Waals surface area contributed by atoms with E-state index in [2.05, 4.69) is 18.8 Å². The second kappa shape index (κ2) is 11.0. The van der Waals surface area contributed by atoms with E-state index in [0.29, 0.717) is 25.0 Å². The molecule has 10 heteroatoms. The van der Waals surface area contributed by atoms with Crippen LogP contribution in [0.3, 0.4) is 0 Å². The van der Waals surface area contributed by atoms with Gasteiger partial charge in [0.25, 0.3) is 0 Å². The van der Waals surface area contributed by atoms with Crippen molar-refractivity contribution in [2.75, 3.05) is 6.61 Å². The molecule has 2 aromatic heterocycles. The molecule has 10 atom stereocenters. The van der Waals surface area contributed by atoms with Gasteiger partial charge in [0, 0.05) is 35.4 Å². The third-order valence-corrected chi connectivity index (χ3v) is 10.9. The van der Waals surface area contributed by atoms with Crippen LogP contribution < -0.4 is 16.1 Å². The number of esters is 1. The number of aromatic nitrogens is 1. The van der Waals surface area contributed by atoms with Crippen LogP contribution in [0.5, 0.6) is 5.75 Å². The lowest BCUT2D eigenvalue weighted by Crippen LogP contribution is -2.72. The summed E-state index contributed by atoms with van der Waals surface area (Å²) >= 11 is 0. The highest BCUT2D eigenvalue weighted by Gasteiger charge is 2.71. The predicted octanol–water partition coefficient (Wildman–Crippen LogP) is 4.52. The van der Waals surface area contributed by atoms with Crippen molar-refractivity contribution in [2.24, 2.45) is 28.4 Å². The van der Waals surface area contributed by atoms with Crippen LogP contribution in [0.25, 0.3) is 11.3 Å². The van der Waals surface area contributed by atoms with Crippen LogP contribution in [0, 0.1) is 22.7 Å². The normalized spacial score (nSPS) is 38.9. The molecule has 0 spiro atoms. The number of aliphatic hydroxyl groups excluding tert-OH is 1. The van der Waals surface area contributed by atoms with Gasteiger partial charge in [-0.1, -0.05) is 34.1 Å². The van der Waals surface area contributed by atoms with Crippen LogP contribution in [0.2, 0.25) is 0 Å². The largest absolute Gasteiger partial charge is 0.482 e. The summed E-state index contributed by atoms with van der Waals surface area (Å²) in [6, 6.07) is 4.38. The van der Waals surface area contributed by atoms with Crippen molar-refractivity contribution in [3.63, 3.8) is 0 Å². The molecule has 4 unspecified atom stereocenters. The fourth-order valence-electron chi connectivity index (χ4n) is 8.78. The zero-order chi connectivity index (χ0) is 30.7. The summed E-state index contributed by atoms with van der Waals surface area (Å²) in [5, 5.41) is 12.2. The van der Waals surface area contributed by atoms with E-state index in [0.717, 1.165) is 25.7 Å². The summed E-state index contributed by atoms with van der Waals surface area (Å²) in [5.41, 5.74) is 4.16. The minimum absolute atomic E-state index is 0.0478. The highest BCUT2D eigenvalue weighted by atomic mass is 16.7. The first-order valence-electron chi connectivity index (χ1n) is 15.6. The topological polar surface area (TPSA) is 143 Å². The minimum atomic E-state index is -1.22. The molecule has 2 aromatic rings. The number of pyridine rings is 1. The molecule has 2 aliphatic heterocycles. The van der Waals surface area contributed by atoms with E-state index in [1.807, 2.05) is 20.8 Å². The van der Waals surface area contributed by atoms with Crippen molar-refractivity contribution in [3.8, 4) is 17.1 Å². The maximum absolute atomic E-state index is 13.5. The highest BCUT2D eigenvalue weighted by molar-refractivity contribution is 5.75. The van der Waals surface area contributed by atoms with Crippen molar-refractivity contribution in [2.45, 2.75) is 109 Å². The summed E-state index contributed by atoms with van der Waals surface area (Å²) in [5.74, 6) is -0.670. The van der Waals surface area contributed by atoms with E-state index in [1.165, 1.54) is 0 Å². The zero-order valence-corrected chi connectivity index (χ0v) is 25.7. The maximum Gasteiger partial charge on any atom is 0.345 e. The Kier molecular flexibility index (Phi) is 7.72. The SMILES string of the molecule is CCCC(N)C(=O)O[C@H]1CC2[C@](C)(CC[C@@H]3OC(CC)OC[C@@]23C)C2[C@@H](O)c3c(cc(-c4cccnc4)oc3=O)O[C@@]21C. The molecular weight excluding hydrogens is 552 g/mol. The molecule has 2 saturated carbocycles. The number of rotatable bonds is 6. The van der Waals surface area contributed by atoms with Gasteiger partial charge in [0.05, 0.1) is 18.8 Å². The van der Waals surface area contributed by atoms with Gasteiger partial charge < -0.3 is 34.2 Å². The van der Waals surface area contributed by atoms with Crippen molar-refractivity contribution in [3.05, 3.63) is 46.6 Å². The average Bonchev–Trinajstić information content (AvgIpc) is 2.97. The number of fused-ring (bicyclic) bond motifs is 6. The molecular formula is C33H44N2O8. The number of nitrogens with two attached hydrogens (primary N) is 1. The van der Waals surface area contributed by atoms with Gasteiger partial charge in [-0.3, -0.25) is 9.78 Å². The van der Waals surface area contributed by atoms with Crippen LogP contribution in [0.15, 0.2) is 39.8 Å². The molecule has 43 heavy (non-hydrogen) atoms. The fraction of sp³-hybridized carbons (Fsp3) is 0.667. The molecule has 0 radical (unpaired) electrons.